The van der Waals surface area contributed by atoms with Crippen LogP contribution < -0.4 is 5.32 Å². The lowest BCUT2D eigenvalue weighted by Gasteiger charge is -2.15. The molecule has 0 saturated heterocycles. The Hall–Kier alpha value is -1.68. The van der Waals surface area contributed by atoms with Crippen molar-refractivity contribution in [3.05, 3.63) is 59.4 Å². The van der Waals surface area contributed by atoms with Gasteiger partial charge in [-0.05, 0) is 43.0 Å². The zero-order chi connectivity index (χ0) is 14.8. The van der Waals surface area contributed by atoms with Crippen molar-refractivity contribution in [1.29, 1.82) is 0 Å². The summed E-state index contributed by atoms with van der Waals surface area (Å²) in [5.74, 6) is -0.826. The van der Waals surface area contributed by atoms with Crippen LogP contribution in [0.15, 0.2) is 36.7 Å². The van der Waals surface area contributed by atoms with E-state index in [1.807, 2.05) is 17.0 Å². The highest BCUT2D eigenvalue weighted by Crippen LogP contribution is 2.41. The summed E-state index contributed by atoms with van der Waals surface area (Å²) in [5.41, 5.74) is 1.61. The molecule has 1 aliphatic carbocycles. The normalized spacial score (nSPS) is 16.1. The highest BCUT2D eigenvalue weighted by atomic mass is 19.2. The van der Waals surface area contributed by atoms with E-state index in [0.29, 0.717) is 24.1 Å². The second kappa shape index (κ2) is 5.98. The average molecular weight is 290 g/mol. The molecule has 2 aromatic rings. The fourth-order valence-corrected chi connectivity index (χ4v) is 2.82. The maximum absolute atomic E-state index is 13.7. The Bertz CT molecular complexity index is 617. The molecule has 1 aliphatic rings. The number of hydrogen-bond acceptors (Lipinski definition) is 1. The van der Waals surface area contributed by atoms with E-state index in [-0.39, 0.29) is 0 Å². The number of benzene rings is 1. The molecule has 112 valence electrons. The lowest BCUT2D eigenvalue weighted by atomic mass is 10.1. The lowest BCUT2D eigenvalue weighted by Crippen LogP contribution is -2.22. The van der Waals surface area contributed by atoms with E-state index in [0.717, 1.165) is 12.6 Å². The third kappa shape index (κ3) is 3.16. The Morgan fingerprint density at radius 1 is 1.29 bits per heavy atom. The van der Waals surface area contributed by atoms with Gasteiger partial charge in [0, 0.05) is 30.5 Å². The first-order chi connectivity index (χ1) is 10.2. The van der Waals surface area contributed by atoms with Gasteiger partial charge >= 0.3 is 0 Å². The lowest BCUT2D eigenvalue weighted by molar-refractivity contribution is 0.491. The van der Waals surface area contributed by atoms with Crippen LogP contribution in [0.5, 0.6) is 0 Å². The van der Waals surface area contributed by atoms with Crippen LogP contribution in [0.4, 0.5) is 8.78 Å². The van der Waals surface area contributed by atoms with Gasteiger partial charge in [-0.1, -0.05) is 19.1 Å². The number of aromatic nitrogens is 1. The Kier molecular flexibility index (Phi) is 4.06. The minimum Gasteiger partial charge on any atom is -0.349 e. The molecule has 0 amide bonds. The Morgan fingerprint density at radius 3 is 2.81 bits per heavy atom. The molecule has 0 aliphatic heterocycles. The van der Waals surface area contributed by atoms with Crippen LogP contribution in [-0.2, 0) is 6.54 Å². The van der Waals surface area contributed by atoms with Crippen molar-refractivity contribution in [2.75, 3.05) is 6.54 Å². The molecule has 21 heavy (non-hydrogen) atoms. The quantitative estimate of drug-likeness (QED) is 0.854. The number of hydrogen-bond donors (Lipinski definition) is 1. The van der Waals surface area contributed by atoms with Gasteiger partial charge in [0.25, 0.3) is 0 Å². The Morgan fingerprint density at radius 2 is 2.10 bits per heavy atom. The third-order valence-electron chi connectivity index (χ3n) is 4.03. The van der Waals surface area contributed by atoms with E-state index < -0.39 is 11.6 Å². The van der Waals surface area contributed by atoms with Gasteiger partial charge in [-0.2, -0.15) is 0 Å². The Labute approximate surface area is 123 Å². The van der Waals surface area contributed by atoms with Gasteiger partial charge in [-0.3, -0.25) is 0 Å². The van der Waals surface area contributed by atoms with Crippen LogP contribution in [0.3, 0.4) is 0 Å². The molecule has 1 heterocycles. The minimum atomic E-state index is -0.789. The van der Waals surface area contributed by atoms with Crippen molar-refractivity contribution < 1.29 is 8.78 Å². The minimum absolute atomic E-state index is 0.354. The van der Waals surface area contributed by atoms with Crippen molar-refractivity contribution in [1.82, 2.24) is 9.88 Å². The van der Waals surface area contributed by atoms with Crippen molar-refractivity contribution in [2.24, 2.45) is 5.92 Å². The molecule has 0 bridgehead atoms. The molecule has 4 heteroatoms. The largest absolute Gasteiger partial charge is 0.349 e. The fraction of sp³-hybridized carbons (Fsp3) is 0.412. The van der Waals surface area contributed by atoms with Gasteiger partial charge in [0.05, 0.1) is 0 Å². The van der Waals surface area contributed by atoms with Gasteiger partial charge in [-0.25, -0.2) is 8.78 Å². The molecule has 1 atom stereocenters. The summed E-state index contributed by atoms with van der Waals surface area (Å²) in [6, 6.07) is 6.77. The smallest absolute Gasteiger partial charge is 0.163 e. The van der Waals surface area contributed by atoms with Gasteiger partial charge in [0.1, 0.15) is 0 Å². The first-order valence-electron chi connectivity index (χ1n) is 7.51. The zero-order valence-corrected chi connectivity index (χ0v) is 12.2. The molecule has 1 aromatic carbocycles. The van der Waals surface area contributed by atoms with E-state index in [1.165, 1.54) is 18.4 Å². The number of rotatable bonds is 6. The Balaban J connectivity index is 1.76. The van der Waals surface area contributed by atoms with Crippen LogP contribution in [0.1, 0.15) is 36.9 Å². The van der Waals surface area contributed by atoms with Crippen molar-refractivity contribution in [3.8, 4) is 0 Å². The van der Waals surface area contributed by atoms with Crippen LogP contribution >= 0.6 is 0 Å². The summed E-state index contributed by atoms with van der Waals surface area (Å²) in [6.45, 7) is 3.40. The first-order valence-corrected chi connectivity index (χ1v) is 7.51. The molecule has 1 aromatic heterocycles. The fourth-order valence-electron chi connectivity index (χ4n) is 2.82. The highest BCUT2D eigenvalue weighted by molar-refractivity contribution is 5.22. The van der Waals surface area contributed by atoms with Crippen LogP contribution in [0, 0.1) is 17.6 Å². The van der Waals surface area contributed by atoms with Crippen LogP contribution in [0.25, 0.3) is 0 Å². The molecule has 1 N–H and O–H groups in total. The van der Waals surface area contributed by atoms with E-state index in [4.69, 9.17) is 0 Å². The van der Waals surface area contributed by atoms with Gasteiger partial charge < -0.3 is 9.88 Å². The predicted molar refractivity (Wildman–Crippen MR) is 79.0 cm³/mol. The van der Waals surface area contributed by atoms with Crippen molar-refractivity contribution in [3.63, 3.8) is 0 Å². The van der Waals surface area contributed by atoms with Crippen molar-refractivity contribution in [2.45, 2.75) is 32.4 Å². The molecule has 2 nitrogen and oxygen atoms in total. The topological polar surface area (TPSA) is 17.0 Å². The third-order valence-corrected chi connectivity index (χ3v) is 4.03. The summed E-state index contributed by atoms with van der Waals surface area (Å²) < 4.78 is 28.9. The molecule has 1 unspecified atom stereocenters. The second-order valence-electron chi connectivity index (χ2n) is 5.70. The zero-order valence-electron chi connectivity index (χ0n) is 12.2. The number of nitrogens with one attached hydrogen (secondary N) is 1. The molecule has 3 rings (SSSR count). The summed E-state index contributed by atoms with van der Waals surface area (Å²) in [6.07, 6.45) is 6.51. The summed E-state index contributed by atoms with van der Waals surface area (Å²) in [5, 5.41) is 3.51. The first kappa shape index (κ1) is 14.3. The summed E-state index contributed by atoms with van der Waals surface area (Å²) in [4.78, 5) is 0. The standard InChI is InChI=1S/C17H20F2N2/c1-2-20-17(12-6-7-12)14-8-9-21(11-14)10-13-4-3-5-15(18)16(13)19/h3-5,8-9,11-12,17,20H,2,6-7,10H2,1H3. The predicted octanol–water partition coefficient (Wildman–Crippen LogP) is 3.88. The molecular weight excluding hydrogens is 270 g/mol. The monoisotopic (exact) mass is 290 g/mol. The van der Waals surface area contributed by atoms with E-state index in [2.05, 4.69) is 18.3 Å². The summed E-state index contributed by atoms with van der Waals surface area (Å²) in [7, 11) is 0. The second-order valence-corrected chi connectivity index (χ2v) is 5.70. The van der Waals surface area contributed by atoms with Gasteiger partial charge in [-0.15, -0.1) is 0 Å². The van der Waals surface area contributed by atoms with Gasteiger partial charge in [0.15, 0.2) is 11.6 Å². The van der Waals surface area contributed by atoms with Crippen molar-refractivity contribution >= 4 is 0 Å². The molecule has 1 saturated carbocycles. The number of halogens is 2. The number of nitrogens with zero attached hydrogens (tertiary/aromatic N) is 1. The molecule has 0 spiro atoms. The van der Waals surface area contributed by atoms with E-state index in [1.54, 1.807) is 12.1 Å². The molecule has 0 radical (unpaired) electrons. The molecular formula is C17H20F2N2. The van der Waals surface area contributed by atoms with Gasteiger partial charge in [0.2, 0.25) is 0 Å². The van der Waals surface area contributed by atoms with E-state index >= 15 is 0 Å². The van der Waals surface area contributed by atoms with Crippen LogP contribution in [-0.4, -0.2) is 11.1 Å². The summed E-state index contributed by atoms with van der Waals surface area (Å²) >= 11 is 0. The van der Waals surface area contributed by atoms with Crippen LogP contribution in [0.2, 0.25) is 0 Å². The van der Waals surface area contributed by atoms with E-state index in [9.17, 15) is 8.78 Å². The maximum atomic E-state index is 13.7. The average Bonchev–Trinajstić information content (AvgIpc) is 3.21. The SMILES string of the molecule is CCNC(c1ccn(Cc2cccc(F)c2F)c1)C1CC1. The maximum Gasteiger partial charge on any atom is 0.163 e. The highest BCUT2D eigenvalue weighted by Gasteiger charge is 2.32. The molecule has 1 fully saturated rings.